The number of aryl methyl sites for hydroxylation is 1. The fourth-order valence-corrected chi connectivity index (χ4v) is 5.16. The zero-order valence-electron chi connectivity index (χ0n) is 18.7. The van der Waals surface area contributed by atoms with Crippen LogP contribution in [0.3, 0.4) is 0 Å². The Bertz CT molecular complexity index is 1060. The number of rotatable bonds is 6. The number of hydrogen-bond donors (Lipinski definition) is 1. The molecule has 2 aliphatic heterocycles. The molecular formula is C24H31N3O4S. The fourth-order valence-electron chi connectivity index (χ4n) is 4.25. The number of carbonyl (C=O) groups excluding carboxylic acids is 1. The summed E-state index contributed by atoms with van der Waals surface area (Å²) in [5, 5.41) is 2.89. The third kappa shape index (κ3) is 5.42. The first-order valence-corrected chi connectivity index (χ1v) is 13.0. The van der Waals surface area contributed by atoms with Gasteiger partial charge in [-0.3, -0.25) is 14.0 Å². The van der Waals surface area contributed by atoms with Crippen molar-refractivity contribution < 1.29 is 17.9 Å². The first-order chi connectivity index (χ1) is 15.3. The quantitative estimate of drug-likeness (QED) is 0.722. The normalized spacial score (nSPS) is 19.2. The molecule has 1 fully saturated rings. The van der Waals surface area contributed by atoms with Crippen molar-refractivity contribution in [1.29, 1.82) is 0 Å². The van der Waals surface area contributed by atoms with Crippen molar-refractivity contribution in [3.63, 3.8) is 0 Å². The first kappa shape index (κ1) is 22.6. The highest BCUT2D eigenvalue weighted by atomic mass is 32.2. The smallest absolute Gasteiger partial charge is 0.263 e. The molecule has 0 radical (unpaired) electrons. The first-order valence-electron chi connectivity index (χ1n) is 11.1. The Morgan fingerprint density at radius 2 is 1.75 bits per heavy atom. The molecule has 2 aromatic rings. The van der Waals surface area contributed by atoms with Gasteiger partial charge in [-0.15, -0.1) is 0 Å². The van der Waals surface area contributed by atoms with Crippen LogP contribution in [0.15, 0.2) is 42.5 Å². The van der Waals surface area contributed by atoms with E-state index in [1.165, 1.54) is 29.1 Å². The Balaban J connectivity index is 1.37. The number of fused-ring (bicyclic) bond motifs is 1. The van der Waals surface area contributed by atoms with Crippen molar-refractivity contribution in [3.8, 4) is 5.75 Å². The molecule has 0 saturated carbocycles. The standard InChI is InChI=1S/C24H31N3O4S/c1-18-6-11-22-21(14-18)27(32(2,29)30)17-23(31-22)24(28)25-15-19-7-9-20(10-8-19)16-26-12-4-3-5-13-26/h6-11,14,23H,3-5,12-13,15-17H2,1-2H3,(H,25,28). The Morgan fingerprint density at radius 1 is 1.06 bits per heavy atom. The molecule has 1 unspecified atom stereocenters. The molecule has 8 heteroatoms. The predicted molar refractivity (Wildman–Crippen MR) is 125 cm³/mol. The number of hydrogen-bond acceptors (Lipinski definition) is 5. The molecule has 0 bridgehead atoms. The van der Waals surface area contributed by atoms with E-state index in [-0.39, 0.29) is 12.5 Å². The number of nitrogens with one attached hydrogen (secondary N) is 1. The third-order valence-corrected chi connectivity index (χ3v) is 7.17. The van der Waals surface area contributed by atoms with Gasteiger partial charge in [-0.05, 0) is 61.7 Å². The van der Waals surface area contributed by atoms with Gasteiger partial charge in [0.05, 0.1) is 18.5 Å². The van der Waals surface area contributed by atoms with E-state index in [0.29, 0.717) is 18.0 Å². The molecule has 1 saturated heterocycles. The van der Waals surface area contributed by atoms with Crippen molar-refractivity contribution in [3.05, 3.63) is 59.2 Å². The molecule has 7 nitrogen and oxygen atoms in total. The van der Waals surface area contributed by atoms with Gasteiger partial charge in [-0.25, -0.2) is 8.42 Å². The topological polar surface area (TPSA) is 79.0 Å². The molecule has 2 aliphatic rings. The molecule has 1 N–H and O–H groups in total. The van der Waals surface area contributed by atoms with Crippen LogP contribution < -0.4 is 14.4 Å². The van der Waals surface area contributed by atoms with Gasteiger partial charge in [-0.2, -0.15) is 0 Å². The molecule has 0 spiro atoms. The van der Waals surface area contributed by atoms with E-state index in [1.54, 1.807) is 12.1 Å². The second-order valence-corrected chi connectivity index (χ2v) is 10.6. The zero-order chi connectivity index (χ0) is 22.7. The summed E-state index contributed by atoms with van der Waals surface area (Å²) in [5.74, 6) is 0.0664. The Morgan fingerprint density at radius 3 is 2.44 bits per heavy atom. The fraction of sp³-hybridized carbons (Fsp3) is 0.458. The van der Waals surface area contributed by atoms with Gasteiger partial charge < -0.3 is 10.1 Å². The summed E-state index contributed by atoms with van der Waals surface area (Å²) in [6, 6.07) is 13.6. The van der Waals surface area contributed by atoms with Gasteiger partial charge in [0.1, 0.15) is 5.75 Å². The highest BCUT2D eigenvalue weighted by molar-refractivity contribution is 7.92. The number of anilines is 1. The van der Waals surface area contributed by atoms with Crippen LogP contribution >= 0.6 is 0 Å². The van der Waals surface area contributed by atoms with E-state index >= 15 is 0 Å². The summed E-state index contributed by atoms with van der Waals surface area (Å²) in [5.41, 5.74) is 3.66. The average Bonchev–Trinajstić information content (AvgIpc) is 2.77. The molecule has 32 heavy (non-hydrogen) atoms. The van der Waals surface area contributed by atoms with Crippen LogP contribution in [-0.4, -0.2) is 51.2 Å². The lowest BCUT2D eigenvalue weighted by molar-refractivity contribution is -0.127. The second kappa shape index (κ2) is 9.50. The summed E-state index contributed by atoms with van der Waals surface area (Å²) in [6.07, 6.45) is 4.11. The van der Waals surface area contributed by atoms with E-state index in [0.717, 1.165) is 37.0 Å². The van der Waals surface area contributed by atoms with Gasteiger partial charge in [0.25, 0.3) is 5.91 Å². The molecule has 2 heterocycles. The molecule has 4 rings (SSSR count). The summed E-state index contributed by atoms with van der Waals surface area (Å²) in [6.45, 7) is 5.48. The average molecular weight is 458 g/mol. The second-order valence-electron chi connectivity index (χ2n) is 8.74. The lowest BCUT2D eigenvalue weighted by atomic mass is 10.1. The summed E-state index contributed by atoms with van der Waals surface area (Å²) in [7, 11) is -3.54. The molecule has 0 aliphatic carbocycles. The maximum atomic E-state index is 12.8. The number of benzene rings is 2. The molecular weight excluding hydrogens is 426 g/mol. The number of piperidine rings is 1. The number of sulfonamides is 1. The molecule has 1 atom stereocenters. The van der Waals surface area contributed by atoms with Gasteiger partial charge in [0, 0.05) is 13.1 Å². The monoisotopic (exact) mass is 457 g/mol. The Hall–Kier alpha value is -2.58. The zero-order valence-corrected chi connectivity index (χ0v) is 19.5. The van der Waals surface area contributed by atoms with Crippen molar-refractivity contribution in [1.82, 2.24) is 10.2 Å². The Labute approximate surface area is 190 Å². The predicted octanol–water partition coefficient (Wildman–Crippen LogP) is 2.82. The lowest BCUT2D eigenvalue weighted by Gasteiger charge is -2.34. The van der Waals surface area contributed by atoms with Crippen molar-refractivity contribution >= 4 is 21.6 Å². The summed E-state index contributed by atoms with van der Waals surface area (Å²) < 4.78 is 31.7. The van der Waals surface area contributed by atoms with Crippen LogP contribution in [0.4, 0.5) is 5.69 Å². The van der Waals surface area contributed by atoms with Crippen LogP contribution in [0.2, 0.25) is 0 Å². The largest absolute Gasteiger partial charge is 0.476 e. The third-order valence-electron chi connectivity index (χ3n) is 6.02. The summed E-state index contributed by atoms with van der Waals surface area (Å²) in [4.78, 5) is 15.3. The maximum absolute atomic E-state index is 12.8. The molecule has 2 aromatic carbocycles. The molecule has 172 valence electrons. The maximum Gasteiger partial charge on any atom is 0.263 e. The number of ether oxygens (including phenoxy) is 1. The minimum atomic E-state index is -3.54. The van der Waals surface area contributed by atoms with E-state index in [9.17, 15) is 13.2 Å². The Kier molecular flexibility index (Phi) is 6.71. The molecule has 1 amide bonds. The number of amides is 1. The number of nitrogens with zero attached hydrogens (tertiary/aromatic N) is 2. The van der Waals surface area contributed by atoms with E-state index < -0.39 is 16.1 Å². The minimum absolute atomic E-state index is 0.0457. The van der Waals surface area contributed by atoms with Crippen molar-refractivity contribution in [2.24, 2.45) is 0 Å². The number of likely N-dealkylation sites (tertiary alicyclic amines) is 1. The van der Waals surface area contributed by atoms with Gasteiger partial charge >= 0.3 is 0 Å². The van der Waals surface area contributed by atoms with Crippen molar-refractivity contribution in [2.75, 3.05) is 30.2 Å². The van der Waals surface area contributed by atoms with Crippen LogP contribution in [0.1, 0.15) is 36.0 Å². The van der Waals surface area contributed by atoms with E-state index in [2.05, 4.69) is 22.3 Å². The highest BCUT2D eigenvalue weighted by Gasteiger charge is 2.35. The summed E-state index contributed by atoms with van der Waals surface area (Å²) >= 11 is 0. The van der Waals surface area contributed by atoms with E-state index in [4.69, 9.17) is 4.74 Å². The van der Waals surface area contributed by atoms with Crippen LogP contribution in [0.25, 0.3) is 0 Å². The van der Waals surface area contributed by atoms with Crippen LogP contribution in [-0.2, 0) is 27.9 Å². The lowest BCUT2D eigenvalue weighted by Crippen LogP contribution is -2.50. The van der Waals surface area contributed by atoms with Crippen LogP contribution in [0, 0.1) is 6.92 Å². The van der Waals surface area contributed by atoms with E-state index in [1.807, 2.05) is 25.1 Å². The van der Waals surface area contributed by atoms with Crippen molar-refractivity contribution in [2.45, 2.75) is 45.4 Å². The van der Waals surface area contributed by atoms with Gasteiger partial charge in [0.15, 0.2) is 6.10 Å². The minimum Gasteiger partial charge on any atom is -0.476 e. The number of carbonyl (C=O) groups is 1. The van der Waals surface area contributed by atoms with Gasteiger partial charge in [-0.1, -0.05) is 36.8 Å². The van der Waals surface area contributed by atoms with Gasteiger partial charge in [0.2, 0.25) is 10.0 Å². The highest BCUT2D eigenvalue weighted by Crippen LogP contribution is 2.35. The van der Waals surface area contributed by atoms with Crippen LogP contribution in [0.5, 0.6) is 5.75 Å². The molecule has 0 aromatic heterocycles. The SMILES string of the molecule is Cc1ccc2c(c1)N(S(C)(=O)=O)CC(C(=O)NCc1ccc(CN3CCCCC3)cc1)O2.